The molecule has 1 heterocycles. The molecule has 0 spiro atoms. The van der Waals surface area contributed by atoms with Crippen molar-refractivity contribution < 1.29 is 14.7 Å². The summed E-state index contributed by atoms with van der Waals surface area (Å²) in [5.41, 5.74) is -1.75. The summed E-state index contributed by atoms with van der Waals surface area (Å²) in [7, 11) is 0. The van der Waals surface area contributed by atoms with Crippen LogP contribution >= 0.6 is 0 Å². The van der Waals surface area contributed by atoms with Crippen LogP contribution in [0, 0.1) is 6.42 Å². The SMILES string of the molecule is O=C(O)C(=O)[CH]c1c[nH]c(=O)[nH]c1=O. The van der Waals surface area contributed by atoms with E-state index in [1.807, 2.05) is 4.98 Å². The van der Waals surface area contributed by atoms with Crippen LogP contribution in [0.25, 0.3) is 0 Å². The van der Waals surface area contributed by atoms with E-state index in [0.717, 1.165) is 6.20 Å². The maximum absolute atomic E-state index is 10.9. The summed E-state index contributed by atoms with van der Waals surface area (Å²) < 4.78 is 0. The molecule has 0 saturated heterocycles. The first kappa shape index (κ1) is 9.90. The van der Waals surface area contributed by atoms with Gasteiger partial charge in [0.2, 0.25) is 5.78 Å². The zero-order valence-corrected chi connectivity index (χ0v) is 6.73. The van der Waals surface area contributed by atoms with Gasteiger partial charge in [0, 0.05) is 11.8 Å². The number of ketones is 1. The van der Waals surface area contributed by atoms with Gasteiger partial charge in [0.05, 0.1) is 6.42 Å². The van der Waals surface area contributed by atoms with Crippen molar-refractivity contribution in [2.45, 2.75) is 0 Å². The maximum Gasteiger partial charge on any atom is 0.372 e. The lowest BCUT2D eigenvalue weighted by atomic mass is 10.2. The van der Waals surface area contributed by atoms with Gasteiger partial charge in [0.15, 0.2) is 0 Å². The number of rotatable bonds is 3. The maximum atomic E-state index is 10.9. The lowest BCUT2D eigenvalue weighted by Crippen LogP contribution is -2.26. The van der Waals surface area contributed by atoms with Crippen LogP contribution in [0.3, 0.4) is 0 Å². The summed E-state index contributed by atoms with van der Waals surface area (Å²) in [6, 6.07) is 0. The predicted molar refractivity (Wildman–Crippen MR) is 43.7 cm³/mol. The van der Waals surface area contributed by atoms with Gasteiger partial charge in [0.1, 0.15) is 0 Å². The molecule has 1 aromatic rings. The summed E-state index contributed by atoms with van der Waals surface area (Å²) in [5.74, 6) is -2.90. The summed E-state index contributed by atoms with van der Waals surface area (Å²) in [4.78, 5) is 46.2. The number of nitrogens with one attached hydrogen (secondary N) is 2. The highest BCUT2D eigenvalue weighted by Gasteiger charge is 2.14. The first-order valence-corrected chi connectivity index (χ1v) is 3.44. The molecule has 0 aromatic carbocycles. The molecule has 0 bridgehead atoms. The van der Waals surface area contributed by atoms with Crippen molar-refractivity contribution in [1.29, 1.82) is 0 Å². The van der Waals surface area contributed by atoms with Gasteiger partial charge in [-0.05, 0) is 0 Å². The quantitative estimate of drug-likeness (QED) is 0.497. The second kappa shape index (κ2) is 3.69. The number of carboxylic acid groups (broad SMARTS) is 1. The molecule has 7 heteroatoms. The summed E-state index contributed by atoms with van der Waals surface area (Å²) in [5, 5.41) is 8.22. The Morgan fingerprint density at radius 2 is 2.00 bits per heavy atom. The minimum Gasteiger partial charge on any atom is -0.475 e. The van der Waals surface area contributed by atoms with E-state index in [2.05, 4.69) is 4.98 Å². The largest absolute Gasteiger partial charge is 0.475 e. The van der Waals surface area contributed by atoms with Crippen LogP contribution in [0.2, 0.25) is 0 Å². The van der Waals surface area contributed by atoms with Crippen molar-refractivity contribution in [2.24, 2.45) is 0 Å². The standard InChI is InChI=1S/C7H5N2O5/c10-4(6(12)13)1-3-2-8-7(14)9-5(3)11/h1-2H,(H,12,13)(H2,8,9,11,14). The van der Waals surface area contributed by atoms with Crippen molar-refractivity contribution in [1.82, 2.24) is 9.97 Å². The number of carboxylic acids is 1. The minimum absolute atomic E-state index is 0.211. The number of aliphatic carboxylic acids is 1. The molecule has 1 radical (unpaired) electrons. The van der Waals surface area contributed by atoms with E-state index in [9.17, 15) is 19.2 Å². The highest BCUT2D eigenvalue weighted by molar-refractivity contribution is 6.37. The first-order valence-electron chi connectivity index (χ1n) is 3.44. The first-order chi connectivity index (χ1) is 6.50. The molecule has 14 heavy (non-hydrogen) atoms. The number of aromatic nitrogens is 2. The summed E-state index contributed by atoms with van der Waals surface area (Å²) in [6.45, 7) is 0. The lowest BCUT2D eigenvalue weighted by molar-refractivity contribution is -0.147. The molecular weight excluding hydrogens is 192 g/mol. The van der Waals surface area contributed by atoms with Crippen molar-refractivity contribution in [3.8, 4) is 0 Å². The van der Waals surface area contributed by atoms with Gasteiger partial charge >= 0.3 is 11.7 Å². The third-order valence-corrected chi connectivity index (χ3v) is 1.35. The zero-order chi connectivity index (χ0) is 10.7. The number of carbonyl (C=O) groups excluding carboxylic acids is 1. The molecule has 7 nitrogen and oxygen atoms in total. The molecule has 1 aromatic heterocycles. The number of hydrogen-bond donors (Lipinski definition) is 3. The van der Waals surface area contributed by atoms with Crippen LogP contribution in [-0.2, 0) is 9.59 Å². The number of aromatic amines is 2. The molecule has 0 aliphatic carbocycles. The number of hydrogen-bond acceptors (Lipinski definition) is 4. The predicted octanol–water partition coefficient (Wildman–Crippen LogP) is -1.73. The smallest absolute Gasteiger partial charge is 0.372 e. The van der Waals surface area contributed by atoms with E-state index >= 15 is 0 Å². The van der Waals surface area contributed by atoms with Crippen LogP contribution in [-0.4, -0.2) is 26.8 Å². The van der Waals surface area contributed by atoms with Crippen molar-refractivity contribution in [3.63, 3.8) is 0 Å². The molecule has 0 unspecified atom stereocenters. The molecule has 0 atom stereocenters. The molecular formula is C7H5N2O5. The van der Waals surface area contributed by atoms with Crippen molar-refractivity contribution >= 4 is 11.8 Å². The van der Waals surface area contributed by atoms with Gasteiger partial charge in [-0.2, -0.15) is 0 Å². The van der Waals surface area contributed by atoms with Crippen molar-refractivity contribution in [2.75, 3.05) is 0 Å². The van der Waals surface area contributed by atoms with Crippen LogP contribution < -0.4 is 11.2 Å². The second-order valence-corrected chi connectivity index (χ2v) is 2.34. The summed E-state index contributed by atoms with van der Waals surface area (Å²) in [6.07, 6.45) is 1.58. The van der Waals surface area contributed by atoms with Gasteiger partial charge in [0.25, 0.3) is 5.56 Å². The molecule has 1 rings (SSSR count). The van der Waals surface area contributed by atoms with Crippen LogP contribution in [0.5, 0.6) is 0 Å². The highest BCUT2D eigenvalue weighted by Crippen LogP contribution is 1.92. The Kier molecular flexibility index (Phi) is 2.61. The topological polar surface area (TPSA) is 120 Å². The normalized spacial score (nSPS) is 9.71. The van der Waals surface area contributed by atoms with Gasteiger partial charge in [-0.3, -0.25) is 14.6 Å². The fourth-order valence-electron chi connectivity index (χ4n) is 0.730. The third kappa shape index (κ3) is 2.16. The van der Waals surface area contributed by atoms with E-state index in [1.54, 1.807) is 0 Å². The summed E-state index contributed by atoms with van der Waals surface area (Å²) >= 11 is 0. The Labute approximate surface area is 76.4 Å². The number of Topliss-reactive ketones (excluding diaryl/α,β-unsaturated/α-hetero) is 1. The molecule has 73 valence electrons. The van der Waals surface area contributed by atoms with Gasteiger partial charge in [-0.25, -0.2) is 9.59 Å². The molecule has 0 saturated carbocycles. The van der Waals surface area contributed by atoms with Crippen molar-refractivity contribution in [3.05, 3.63) is 39.0 Å². The fourth-order valence-corrected chi connectivity index (χ4v) is 0.730. The van der Waals surface area contributed by atoms with E-state index in [-0.39, 0.29) is 5.56 Å². The lowest BCUT2D eigenvalue weighted by Gasteiger charge is -1.93. The van der Waals surface area contributed by atoms with Gasteiger partial charge in [-0.15, -0.1) is 0 Å². The zero-order valence-electron chi connectivity index (χ0n) is 6.73. The Morgan fingerprint density at radius 3 is 2.50 bits per heavy atom. The molecule has 0 aliphatic heterocycles. The highest BCUT2D eigenvalue weighted by atomic mass is 16.4. The second-order valence-electron chi connectivity index (χ2n) is 2.34. The Hall–Kier alpha value is -2.18. The number of H-pyrrole nitrogens is 2. The monoisotopic (exact) mass is 197 g/mol. The average Bonchev–Trinajstić information content (AvgIpc) is 2.09. The van der Waals surface area contributed by atoms with Crippen LogP contribution in [0.1, 0.15) is 5.56 Å². The Morgan fingerprint density at radius 1 is 1.36 bits per heavy atom. The van der Waals surface area contributed by atoms with Gasteiger partial charge in [-0.1, -0.05) is 0 Å². The van der Waals surface area contributed by atoms with E-state index in [4.69, 9.17) is 5.11 Å². The average molecular weight is 197 g/mol. The number of carbonyl (C=O) groups is 2. The van der Waals surface area contributed by atoms with E-state index < -0.39 is 23.0 Å². The molecule has 0 aliphatic rings. The van der Waals surface area contributed by atoms with Gasteiger partial charge < -0.3 is 10.1 Å². The molecule has 3 N–H and O–H groups in total. The van der Waals surface area contributed by atoms with Crippen LogP contribution in [0.4, 0.5) is 0 Å². The third-order valence-electron chi connectivity index (χ3n) is 1.35. The van der Waals surface area contributed by atoms with Crippen LogP contribution in [0.15, 0.2) is 15.8 Å². The molecule has 0 amide bonds. The van der Waals surface area contributed by atoms with E-state index in [1.165, 1.54) is 0 Å². The fraction of sp³-hybridized carbons (Fsp3) is 0. The van der Waals surface area contributed by atoms with E-state index in [0.29, 0.717) is 6.42 Å². The minimum atomic E-state index is -1.67. The Bertz CT molecular complexity index is 483. The molecule has 0 fully saturated rings. The Balaban J connectivity index is 2.99.